The van der Waals surface area contributed by atoms with E-state index in [4.69, 9.17) is 7.48 Å². The molecule has 1 aromatic heterocycles. The van der Waals surface area contributed by atoms with Crippen LogP contribution in [-0.2, 0) is 11.2 Å². The predicted molar refractivity (Wildman–Crippen MR) is 146 cm³/mol. The van der Waals surface area contributed by atoms with Crippen LogP contribution in [0.25, 0.3) is 10.9 Å². The molecule has 2 rings (SSSR count). The molecule has 4 heteroatoms. The van der Waals surface area contributed by atoms with Gasteiger partial charge in [-0.2, -0.15) is 0 Å². The van der Waals surface area contributed by atoms with Gasteiger partial charge in [0.15, 0.2) is 0 Å². The van der Waals surface area contributed by atoms with Crippen LogP contribution in [0.4, 0.5) is 0 Å². The molecule has 0 bridgehead atoms. The number of allylic oxidation sites excluding steroid dienone is 4. The van der Waals surface area contributed by atoms with Crippen molar-refractivity contribution in [2.45, 2.75) is 90.3 Å². The molecule has 1 heterocycles. The minimum Gasteiger partial charge on any atom is -0.426 e. The second-order valence-electron chi connectivity index (χ2n) is 9.29. The number of likely N-dealkylation sites (N-methyl/N-ethyl adjacent to an activating group) is 1. The van der Waals surface area contributed by atoms with Gasteiger partial charge in [-0.3, -0.25) is 4.79 Å². The standard InChI is InChI=1S/C30H46N2O2/c1-4-5-6-7-8-9-10-11-12-13-14-15-16-17-18-22-29(33)34-28-21-19-20-27-30(28)26(25-31-27)23-24-32(2)3/h8-9,11-12,19-21,25,31H,4-7,10,13-18,22-24H2,1-3H3/b9-8-,12-11-/i10D2. The lowest BCUT2D eigenvalue weighted by Gasteiger charge is -2.10. The molecule has 4 nitrogen and oxygen atoms in total. The van der Waals surface area contributed by atoms with Gasteiger partial charge >= 0.3 is 5.97 Å². The fourth-order valence-electron chi connectivity index (χ4n) is 3.95. The van der Waals surface area contributed by atoms with E-state index in [1.54, 1.807) is 12.2 Å². The van der Waals surface area contributed by atoms with Crippen molar-refractivity contribution in [1.29, 1.82) is 0 Å². The third kappa shape index (κ3) is 11.2. The van der Waals surface area contributed by atoms with Gasteiger partial charge in [0, 0.05) is 32.8 Å². The highest BCUT2D eigenvalue weighted by Crippen LogP contribution is 2.29. The maximum Gasteiger partial charge on any atom is 0.311 e. The molecule has 1 aromatic carbocycles. The average Bonchev–Trinajstić information content (AvgIpc) is 3.25. The lowest BCUT2D eigenvalue weighted by molar-refractivity contribution is -0.134. The van der Waals surface area contributed by atoms with Crippen molar-refractivity contribution in [1.82, 2.24) is 9.88 Å². The quantitative estimate of drug-likeness (QED) is 0.104. The summed E-state index contributed by atoms with van der Waals surface area (Å²) in [5, 5.41) is 1.01. The maximum atomic E-state index is 12.5. The topological polar surface area (TPSA) is 45.3 Å². The molecular weight excluding hydrogens is 420 g/mol. The fourth-order valence-corrected chi connectivity index (χ4v) is 3.95. The molecule has 0 saturated heterocycles. The van der Waals surface area contributed by atoms with Gasteiger partial charge in [0.25, 0.3) is 0 Å². The Bertz CT molecular complexity index is 963. The van der Waals surface area contributed by atoms with E-state index in [2.05, 4.69) is 30.9 Å². The summed E-state index contributed by atoms with van der Waals surface area (Å²) in [5.41, 5.74) is 2.17. The van der Waals surface area contributed by atoms with E-state index in [-0.39, 0.29) is 5.97 Å². The van der Waals surface area contributed by atoms with E-state index in [0.717, 1.165) is 75.2 Å². The number of H-pyrrole nitrogens is 1. The number of aromatic amines is 1. The largest absolute Gasteiger partial charge is 0.426 e. The van der Waals surface area contributed by atoms with E-state index in [1.807, 2.05) is 36.5 Å². The molecule has 0 aliphatic carbocycles. The summed E-state index contributed by atoms with van der Waals surface area (Å²) in [6, 6.07) is 5.81. The van der Waals surface area contributed by atoms with E-state index < -0.39 is 6.37 Å². The van der Waals surface area contributed by atoms with Gasteiger partial charge in [0.05, 0.1) is 0 Å². The SMILES string of the molecule is [2H]C([2H])(/C=C\CCCCC)/C=C\CCCCCCCC(=O)Oc1cccc2[nH]cc(CCN(C)C)c12. The number of hydrogen-bond acceptors (Lipinski definition) is 3. The van der Waals surface area contributed by atoms with Gasteiger partial charge in [-0.15, -0.1) is 0 Å². The van der Waals surface area contributed by atoms with Gasteiger partial charge in [0.2, 0.25) is 0 Å². The number of unbranched alkanes of at least 4 members (excludes halogenated alkanes) is 8. The van der Waals surface area contributed by atoms with Crippen LogP contribution in [0.5, 0.6) is 5.75 Å². The van der Waals surface area contributed by atoms with Gasteiger partial charge in [-0.1, -0.05) is 69.4 Å². The molecule has 0 radical (unpaired) electrons. The highest BCUT2D eigenvalue weighted by atomic mass is 16.5. The zero-order valence-electron chi connectivity index (χ0n) is 23.6. The van der Waals surface area contributed by atoms with Crippen molar-refractivity contribution in [3.63, 3.8) is 0 Å². The summed E-state index contributed by atoms with van der Waals surface area (Å²) < 4.78 is 21.8. The van der Waals surface area contributed by atoms with Crippen molar-refractivity contribution in [3.05, 3.63) is 54.3 Å². The molecule has 0 saturated carbocycles. The van der Waals surface area contributed by atoms with Gasteiger partial charge in [0.1, 0.15) is 5.75 Å². The Balaban J connectivity index is 1.63. The number of benzene rings is 1. The zero-order chi connectivity index (χ0) is 26.2. The summed E-state index contributed by atoms with van der Waals surface area (Å²) in [7, 11) is 4.11. The Morgan fingerprint density at radius 2 is 1.71 bits per heavy atom. The van der Waals surface area contributed by atoms with Gasteiger partial charge in [-0.25, -0.2) is 0 Å². The van der Waals surface area contributed by atoms with Crippen LogP contribution in [-0.4, -0.2) is 36.5 Å². The molecule has 188 valence electrons. The van der Waals surface area contributed by atoms with Crippen LogP contribution in [0.15, 0.2) is 48.7 Å². The number of fused-ring (bicyclic) bond motifs is 1. The molecule has 1 N–H and O–H groups in total. The number of rotatable bonds is 18. The van der Waals surface area contributed by atoms with Crippen molar-refractivity contribution in [3.8, 4) is 5.75 Å². The Hall–Kier alpha value is -2.33. The third-order valence-corrected chi connectivity index (χ3v) is 5.96. The van der Waals surface area contributed by atoms with E-state index in [9.17, 15) is 4.79 Å². The molecule has 2 aromatic rings. The van der Waals surface area contributed by atoms with Crippen LogP contribution in [0, 0.1) is 0 Å². The van der Waals surface area contributed by atoms with Crippen molar-refractivity contribution >= 4 is 16.9 Å². The summed E-state index contributed by atoms with van der Waals surface area (Å²) >= 11 is 0. The number of carbonyl (C=O) groups excluding carboxylic acids is 1. The molecule has 0 aliphatic rings. The molecule has 0 amide bonds. The summed E-state index contributed by atoms with van der Waals surface area (Å²) in [4.78, 5) is 17.9. The average molecular weight is 469 g/mol. The minimum atomic E-state index is -1.36. The number of nitrogens with zero attached hydrogens (tertiary/aromatic N) is 1. The minimum absolute atomic E-state index is 0.171. The van der Waals surface area contributed by atoms with Crippen LogP contribution in [0.1, 0.15) is 92.2 Å². The van der Waals surface area contributed by atoms with Crippen LogP contribution >= 0.6 is 0 Å². The van der Waals surface area contributed by atoms with Crippen LogP contribution in [0.3, 0.4) is 0 Å². The maximum absolute atomic E-state index is 12.5. The summed E-state index contributed by atoms with van der Waals surface area (Å²) in [6.45, 7) is 3.11. The molecule has 34 heavy (non-hydrogen) atoms. The van der Waals surface area contributed by atoms with E-state index in [0.29, 0.717) is 12.2 Å². The van der Waals surface area contributed by atoms with Gasteiger partial charge < -0.3 is 14.6 Å². The number of nitrogens with one attached hydrogen (secondary N) is 1. The van der Waals surface area contributed by atoms with E-state index >= 15 is 0 Å². The number of ether oxygens (including phenoxy) is 1. The molecular formula is C30H46N2O2. The first-order valence-corrected chi connectivity index (χ1v) is 13.1. The monoisotopic (exact) mass is 468 g/mol. The number of hydrogen-bond donors (Lipinski definition) is 1. The number of esters is 1. The highest BCUT2D eigenvalue weighted by molar-refractivity contribution is 5.91. The number of carbonyl (C=O) groups is 1. The number of aromatic nitrogens is 1. The molecule has 0 unspecified atom stereocenters. The van der Waals surface area contributed by atoms with Crippen LogP contribution < -0.4 is 4.74 Å². The summed E-state index contributed by atoms with van der Waals surface area (Å²) in [6.07, 6.45) is 19.7. The first kappa shape index (κ1) is 24.8. The second-order valence-corrected chi connectivity index (χ2v) is 9.29. The lowest BCUT2D eigenvalue weighted by atomic mass is 10.1. The Morgan fingerprint density at radius 1 is 1.00 bits per heavy atom. The smallest absolute Gasteiger partial charge is 0.311 e. The second kappa shape index (κ2) is 17.2. The molecule has 0 spiro atoms. The Labute approximate surface area is 210 Å². The lowest BCUT2D eigenvalue weighted by Crippen LogP contribution is -2.15. The van der Waals surface area contributed by atoms with Crippen LogP contribution in [0.2, 0.25) is 0 Å². The van der Waals surface area contributed by atoms with Gasteiger partial charge in [-0.05, 0) is 76.7 Å². The third-order valence-electron chi connectivity index (χ3n) is 5.96. The Morgan fingerprint density at radius 3 is 2.44 bits per heavy atom. The first-order valence-electron chi connectivity index (χ1n) is 14.1. The van der Waals surface area contributed by atoms with E-state index in [1.165, 1.54) is 18.4 Å². The van der Waals surface area contributed by atoms with Crippen molar-refractivity contribution in [2.24, 2.45) is 0 Å². The Kier molecular flexibility index (Phi) is 12.5. The molecule has 0 fully saturated rings. The molecule has 0 atom stereocenters. The first-order chi connectivity index (χ1) is 17.3. The van der Waals surface area contributed by atoms with Crippen molar-refractivity contribution in [2.75, 3.05) is 20.6 Å². The van der Waals surface area contributed by atoms with Crippen molar-refractivity contribution < 1.29 is 12.3 Å². The predicted octanol–water partition coefficient (Wildman–Crippen LogP) is 7.99. The highest BCUT2D eigenvalue weighted by Gasteiger charge is 2.13. The fraction of sp³-hybridized carbons (Fsp3) is 0.567. The summed E-state index contributed by atoms with van der Waals surface area (Å²) in [5.74, 6) is 0.477. The zero-order valence-corrected chi connectivity index (χ0v) is 21.6. The molecule has 0 aliphatic heterocycles. The normalized spacial score (nSPS) is 13.3.